The van der Waals surface area contributed by atoms with Gasteiger partial charge in [0.1, 0.15) is 0 Å². The molecule has 0 N–H and O–H groups in total. The van der Waals surface area contributed by atoms with Crippen LogP contribution in [-0.2, 0) is 11.2 Å². The summed E-state index contributed by atoms with van der Waals surface area (Å²) in [6.45, 7) is 9.64. The van der Waals surface area contributed by atoms with Gasteiger partial charge in [0.2, 0.25) is 5.91 Å². The van der Waals surface area contributed by atoms with E-state index >= 15 is 0 Å². The lowest BCUT2D eigenvalue weighted by Crippen LogP contribution is -2.51. The van der Waals surface area contributed by atoms with Crippen LogP contribution in [0.25, 0.3) is 11.6 Å². The topological polar surface area (TPSA) is 78.1 Å². The Morgan fingerprint density at radius 3 is 2.53 bits per heavy atom. The second kappa shape index (κ2) is 9.25. The Labute approximate surface area is 202 Å². The highest BCUT2D eigenvalue weighted by Crippen LogP contribution is 2.38. The van der Waals surface area contributed by atoms with Gasteiger partial charge in [0.05, 0.1) is 18.0 Å². The fourth-order valence-corrected chi connectivity index (χ4v) is 5.81. The quantitative estimate of drug-likeness (QED) is 0.685. The zero-order valence-electron chi connectivity index (χ0n) is 20.5. The first-order chi connectivity index (χ1) is 16.5. The number of aromatic nitrogens is 3. The standard InChI is InChI=1S/C27H34N6O/c1-18(2)33-19(3)24(17-30-33)22-14-23-25(15-22)29-9-8-26(23)31-10-12-32(13-11-31)27(34)21-6-4-20(16-28)5-7-21/h8-9,14,17-18,20-21H,4-7,10-13,15H2,1-3H3. The van der Waals surface area contributed by atoms with Gasteiger partial charge in [-0.05, 0) is 64.2 Å². The van der Waals surface area contributed by atoms with Crippen molar-refractivity contribution in [3.63, 3.8) is 0 Å². The molecule has 7 nitrogen and oxygen atoms in total. The number of pyridine rings is 1. The van der Waals surface area contributed by atoms with Gasteiger partial charge in [-0.1, -0.05) is 0 Å². The molecule has 0 spiro atoms. The highest BCUT2D eigenvalue weighted by molar-refractivity contribution is 5.92. The number of amides is 1. The molecule has 5 rings (SSSR count). The molecule has 178 valence electrons. The molecule has 2 aliphatic carbocycles. The predicted molar refractivity (Wildman–Crippen MR) is 133 cm³/mol. The highest BCUT2D eigenvalue weighted by Gasteiger charge is 2.32. The number of nitriles is 1. The van der Waals surface area contributed by atoms with E-state index in [4.69, 9.17) is 5.26 Å². The van der Waals surface area contributed by atoms with E-state index in [0.717, 1.165) is 64.0 Å². The fourth-order valence-electron chi connectivity index (χ4n) is 5.81. The monoisotopic (exact) mass is 458 g/mol. The Hall–Kier alpha value is -3.14. The summed E-state index contributed by atoms with van der Waals surface area (Å²) in [6, 6.07) is 4.82. The van der Waals surface area contributed by atoms with Crippen molar-refractivity contribution in [2.45, 2.75) is 58.9 Å². The predicted octanol–water partition coefficient (Wildman–Crippen LogP) is 4.24. The van der Waals surface area contributed by atoms with Crippen LogP contribution in [0.2, 0.25) is 0 Å². The maximum atomic E-state index is 13.1. The van der Waals surface area contributed by atoms with Crippen molar-refractivity contribution in [3.8, 4) is 6.07 Å². The van der Waals surface area contributed by atoms with E-state index in [1.54, 1.807) is 0 Å². The van der Waals surface area contributed by atoms with Crippen LogP contribution in [0.1, 0.15) is 68.1 Å². The van der Waals surface area contributed by atoms with Crippen LogP contribution in [0, 0.1) is 30.1 Å². The Morgan fingerprint density at radius 2 is 1.88 bits per heavy atom. The summed E-state index contributed by atoms with van der Waals surface area (Å²) in [5.41, 5.74) is 7.24. The van der Waals surface area contributed by atoms with Crippen molar-refractivity contribution in [1.29, 1.82) is 5.26 Å². The molecule has 0 unspecified atom stereocenters. The van der Waals surface area contributed by atoms with Crippen LogP contribution < -0.4 is 4.90 Å². The minimum Gasteiger partial charge on any atom is -0.367 e. The molecule has 2 aromatic rings. The van der Waals surface area contributed by atoms with Gasteiger partial charge < -0.3 is 9.80 Å². The molecular formula is C27H34N6O. The smallest absolute Gasteiger partial charge is 0.225 e. The fraction of sp³-hybridized carbons (Fsp3) is 0.556. The lowest BCUT2D eigenvalue weighted by molar-refractivity contribution is -0.137. The first-order valence-corrected chi connectivity index (χ1v) is 12.6. The first-order valence-electron chi connectivity index (χ1n) is 12.6. The second-order valence-corrected chi connectivity index (χ2v) is 10.2. The molecule has 0 atom stereocenters. The normalized spacial score (nSPS) is 22.5. The lowest BCUT2D eigenvalue weighted by Gasteiger charge is -2.39. The molecule has 1 saturated heterocycles. The van der Waals surface area contributed by atoms with Crippen LogP contribution in [-0.4, -0.2) is 51.8 Å². The third kappa shape index (κ3) is 4.11. The summed E-state index contributed by atoms with van der Waals surface area (Å²) in [4.78, 5) is 22.2. The number of carbonyl (C=O) groups is 1. The Bertz CT molecular complexity index is 1140. The Kier molecular flexibility index (Phi) is 6.16. The van der Waals surface area contributed by atoms with Crippen LogP contribution in [0.3, 0.4) is 0 Å². The molecule has 1 aliphatic heterocycles. The van der Waals surface area contributed by atoms with Gasteiger partial charge >= 0.3 is 0 Å². The Balaban J connectivity index is 1.27. The Morgan fingerprint density at radius 1 is 1.15 bits per heavy atom. The summed E-state index contributed by atoms with van der Waals surface area (Å²) < 4.78 is 2.08. The molecule has 0 aromatic carbocycles. The third-order valence-electron chi connectivity index (χ3n) is 7.80. The number of anilines is 1. The molecule has 2 aromatic heterocycles. The van der Waals surface area contributed by atoms with E-state index in [9.17, 15) is 4.79 Å². The van der Waals surface area contributed by atoms with Crippen LogP contribution in [0.5, 0.6) is 0 Å². The van der Waals surface area contributed by atoms with Gasteiger partial charge in [-0.25, -0.2) is 0 Å². The number of piperazine rings is 1. The lowest BCUT2D eigenvalue weighted by atomic mass is 9.82. The van der Waals surface area contributed by atoms with Gasteiger partial charge in [-0.15, -0.1) is 0 Å². The van der Waals surface area contributed by atoms with E-state index in [-0.39, 0.29) is 17.7 Å². The van der Waals surface area contributed by atoms with E-state index in [0.29, 0.717) is 6.04 Å². The SMILES string of the molecule is Cc1c(C2=Cc3c(N4CCN(C(=O)C5CCC(C#N)CC5)CC4)ccnc3C2)cnn1C(C)C. The van der Waals surface area contributed by atoms with Crippen LogP contribution in [0.15, 0.2) is 18.5 Å². The van der Waals surface area contributed by atoms with Gasteiger partial charge in [-0.3, -0.25) is 14.5 Å². The maximum absolute atomic E-state index is 13.1. The first kappa shape index (κ1) is 22.6. The largest absolute Gasteiger partial charge is 0.367 e. The summed E-state index contributed by atoms with van der Waals surface area (Å²) in [7, 11) is 0. The highest BCUT2D eigenvalue weighted by atomic mass is 16.2. The van der Waals surface area contributed by atoms with Gasteiger partial charge in [0.15, 0.2) is 0 Å². The zero-order valence-corrected chi connectivity index (χ0v) is 20.5. The summed E-state index contributed by atoms with van der Waals surface area (Å²) in [6.07, 6.45) is 10.5. The summed E-state index contributed by atoms with van der Waals surface area (Å²) in [5, 5.41) is 13.7. The van der Waals surface area contributed by atoms with Gasteiger partial charge in [-0.2, -0.15) is 10.4 Å². The number of fused-ring (bicyclic) bond motifs is 1. The van der Waals surface area contributed by atoms with Crippen molar-refractivity contribution in [2.75, 3.05) is 31.1 Å². The van der Waals surface area contributed by atoms with Crippen molar-refractivity contribution in [3.05, 3.63) is 41.0 Å². The molecule has 1 amide bonds. The van der Waals surface area contributed by atoms with Crippen LogP contribution in [0.4, 0.5) is 5.69 Å². The number of hydrogen-bond acceptors (Lipinski definition) is 5. The van der Waals surface area contributed by atoms with Crippen molar-refractivity contribution >= 4 is 23.2 Å². The van der Waals surface area contributed by atoms with E-state index in [1.807, 2.05) is 17.3 Å². The summed E-state index contributed by atoms with van der Waals surface area (Å²) >= 11 is 0. The van der Waals surface area contributed by atoms with E-state index < -0.39 is 0 Å². The van der Waals surface area contributed by atoms with Crippen molar-refractivity contribution in [1.82, 2.24) is 19.7 Å². The minimum atomic E-state index is 0.0989. The molecule has 2 fully saturated rings. The van der Waals surface area contributed by atoms with E-state index in [2.05, 4.69) is 58.6 Å². The zero-order chi connectivity index (χ0) is 23.8. The number of hydrogen-bond donors (Lipinski definition) is 0. The van der Waals surface area contributed by atoms with Crippen LogP contribution >= 0.6 is 0 Å². The maximum Gasteiger partial charge on any atom is 0.225 e. The molecular weight excluding hydrogens is 424 g/mol. The molecule has 3 heterocycles. The number of carbonyl (C=O) groups excluding carboxylic acids is 1. The number of allylic oxidation sites excluding steroid dienone is 1. The third-order valence-corrected chi connectivity index (χ3v) is 7.80. The molecule has 0 radical (unpaired) electrons. The summed E-state index contributed by atoms with van der Waals surface area (Å²) in [5.74, 6) is 0.522. The average molecular weight is 459 g/mol. The molecule has 34 heavy (non-hydrogen) atoms. The van der Waals surface area contributed by atoms with E-state index in [1.165, 1.54) is 28.1 Å². The molecule has 3 aliphatic rings. The van der Waals surface area contributed by atoms with Crippen molar-refractivity contribution < 1.29 is 4.79 Å². The number of nitrogens with zero attached hydrogens (tertiary/aromatic N) is 6. The molecule has 0 bridgehead atoms. The minimum absolute atomic E-state index is 0.0989. The van der Waals surface area contributed by atoms with Crippen molar-refractivity contribution in [2.24, 2.45) is 11.8 Å². The van der Waals surface area contributed by atoms with Gasteiger partial charge in [0, 0.05) is 79.2 Å². The second-order valence-electron chi connectivity index (χ2n) is 10.2. The number of rotatable bonds is 4. The molecule has 1 saturated carbocycles. The average Bonchev–Trinajstić information content (AvgIpc) is 3.47. The molecule has 7 heteroatoms. The van der Waals surface area contributed by atoms with Gasteiger partial charge in [0.25, 0.3) is 0 Å².